The third-order valence-corrected chi connectivity index (χ3v) is 4.56. The van der Waals surface area contributed by atoms with Crippen molar-refractivity contribution in [3.8, 4) is 0 Å². The monoisotopic (exact) mass is 306 g/mol. The molecule has 1 aromatic rings. The number of β-amino-alcohol motifs (C(OH)–C–C–N with tert-alkyl or cyclic N) is 1. The number of aliphatic hydroxyl groups is 1. The minimum atomic E-state index is -0.606. The van der Waals surface area contributed by atoms with Crippen LogP contribution in [0.4, 0.5) is 5.82 Å². The van der Waals surface area contributed by atoms with Crippen molar-refractivity contribution >= 4 is 11.7 Å². The Balaban J connectivity index is 2.00. The second-order valence-corrected chi connectivity index (χ2v) is 5.93. The van der Waals surface area contributed by atoms with Gasteiger partial charge in [-0.05, 0) is 25.0 Å². The number of hydrogen-bond donors (Lipinski definition) is 2. The van der Waals surface area contributed by atoms with Gasteiger partial charge in [-0.15, -0.1) is 0 Å². The third-order valence-electron chi connectivity index (χ3n) is 4.56. The normalized spacial score (nSPS) is 16.8. The Morgan fingerprint density at radius 1 is 1.32 bits per heavy atom. The first-order chi connectivity index (χ1) is 10.5. The summed E-state index contributed by atoms with van der Waals surface area (Å²) in [6.07, 6.45) is 3.20. The van der Waals surface area contributed by atoms with Crippen LogP contribution < -0.4 is 10.6 Å². The molecule has 1 aromatic heterocycles. The highest BCUT2D eigenvalue weighted by Crippen LogP contribution is 2.21. The molecule has 1 amide bonds. The molecule has 2 rings (SSSR count). The highest BCUT2D eigenvalue weighted by atomic mass is 16.3. The van der Waals surface area contributed by atoms with E-state index in [0.29, 0.717) is 17.9 Å². The first-order valence-corrected chi connectivity index (χ1v) is 7.93. The molecule has 0 atom stereocenters. The average molecular weight is 306 g/mol. The van der Waals surface area contributed by atoms with E-state index in [1.54, 1.807) is 18.3 Å². The van der Waals surface area contributed by atoms with E-state index in [-0.39, 0.29) is 0 Å². The number of piperazine rings is 1. The Morgan fingerprint density at radius 2 is 1.95 bits per heavy atom. The van der Waals surface area contributed by atoms with Crippen molar-refractivity contribution in [2.75, 3.05) is 37.6 Å². The van der Waals surface area contributed by atoms with Crippen LogP contribution in [0.25, 0.3) is 0 Å². The number of nitrogens with zero attached hydrogens (tertiary/aromatic N) is 3. The Bertz CT molecular complexity index is 509. The predicted molar refractivity (Wildman–Crippen MR) is 86.9 cm³/mol. The van der Waals surface area contributed by atoms with Gasteiger partial charge in [0, 0.05) is 38.9 Å². The fourth-order valence-electron chi connectivity index (χ4n) is 2.85. The largest absolute Gasteiger partial charge is 0.389 e. The van der Waals surface area contributed by atoms with Crippen molar-refractivity contribution in [2.24, 2.45) is 5.73 Å². The summed E-state index contributed by atoms with van der Waals surface area (Å²) >= 11 is 0. The number of nitrogens with two attached hydrogens (primary N) is 1. The highest BCUT2D eigenvalue weighted by Gasteiger charge is 2.28. The van der Waals surface area contributed by atoms with Crippen molar-refractivity contribution in [1.29, 1.82) is 0 Å². The SMILES string of the molecule is CCC(O)(CC)CN1CCN(c2ncccc2C(N)=O)CC1. The second kappa shape index (κ2) is 7.07. The molecule has 0 spiro atoms. The van der Waals surface area contributed by atoms with Crippen LogP contribution in [0.15, 0.2) is 18.3 Å². The maximum atomic E-state index is 11.5. The fourth-order valence-corrected chi connectivity index (χ4v) is 2.85. The van der Waals surface area contributed by atoms with Crippen LogP contribution in [-0.2, 0) is 0 Å². The lowest BCUT2D eigenvalue weighted by molar-refractivity contribution is -0.00458. The molecular formula is C16H26N4O2. The Labute approximate surface area is 131 Å². The number of pyridine rings is 1. The van der Waals surface area contributed by atoms with E-state index in [1.165, 1.54) is 0 Å². The molecular weight excluding hydrogens is 280 g/mol. The summed E-state index contributed by atoms with van der Waals surface area (Å²) in [5.74, 6) is 0.216. The summed E-state index contributed by atoms with van der Waals surface area (Å²) in [6.45, 7) is 7.98. The van der Waals surface area contributed by atoms with Crippen LogP contribution in [0, 0.1) is 0 Å². The van der Waals surface area contributed by atoms with Crippen LogP contribution in [0.2, 0.25) is 0 Å². The number of amides is 1. The minimum Gasteiger partial charge on any atom is -0.389 e. The van der Waals surface area contributed by atoms with Gasteiger partial charge in [-0.3, -0.25) is 9.69 Å². The Hall–Kier alpha value is -1.66. The second-order valence-electron chi connectivity index (χ2n) is 5.93. The van der Waals surface area contributed by atoms with Gasteiger partial charge in [0.25, 0.3) is 5.91 Å². The standard InChI is InChI=1S/C16H26N4O2/c1-3-16(22,4-2)12-19-8-10-20(11-9-19)15-13(14(17)21)6-5-7-18-15/h5-7,22H,3-4,8-12H2,1-2H3,(H2,17,21). The molecule has 2 heterocycles. The van der Waals surface area contributed by atoms with Crippen LogP contribution in [0.5, 0.6) is 0 Å². The van der Waals surface area contributed by atoms with E-state index in [9.17, 15) is 9.90 Å². The van der Waals surface area contributed by atoms with E-state index < -0.39 is 11.5 Å². The smallest absolute Gasteiger partial charge is 0.252 e. The number of hydrogen-bond acceptors (Lipinski definition) is 5. The maximum absolute atomic E-state index is 11.5. The number of carbonyl (C=O) groups is 1. The molecule has 3 N–H and O–H groups in total. The van der Waals surface area contributed by atoms with Gasteiger partial charge < -0.3 is 15.7 Å². The number of carbonyl (C=O) groups excluding carboxylic acids is 1. The molecule has 0 aromatic carbocycles. The van der Waals surface area contributed by atoms with E-state index in [2.05, 4.69) is 14.8 Å². The van der Waals surface area contributed by atoms with Gasteiger partial charge in [0.2, 0.25) is 0 Å². The lowest BCUT2D eigenvalue weighted by atomic mass is 9.96. The zero-order valence-electron chi connectivity index (χ0n) is 13.5. The van der Waals surface area contributed by atoms with Crippen LogP contribution >= 0.6 is 0 Å². The van der Waals surface area contributed by atoms with E-state index >= 15 is 0 Å². The summed E-state index contributed by atoms with van der Waals surface area (Å²) in [5.41, 5.74) is 5.28. The van der Waals surface area contributed by atoms with Crippen molar-refractivity contribution < 1.29 is 9.90 Å². The number of aromatic nitrogens is 1. The molecule has 6 nitrogen and oxygen atoms in total. The van der Waals surface area contributed by atoms with Gasteiger partial charge in [0.1, 0.15) is 5.82 Å². The molecule has 0 unspecified atom stereocenters. The zero-order chi connectivity index (χ0) is 16.2. The summed E-state index contributed by atoms with van der Waals surface area (Å²) in [6, 6.07) is 3.44. The summed E-state index contributed by atoms with van der Waals surface area (Å²) in [5, 5.41) is 10.5. The first kappa shape index (κ1) is 16.7. The highest BCUT2D eigenvalue weighted by molar-refractivity contribution is 5.97. The van der Waals surface area contributed by atoms with E-state index in [4.69, 9.17) is 5.73 Å². The van der Waals surface area contributed by atoms with Crippen LogP contribution in [0.3, 0.4) is 0 Å². The molecule has 122 valence electrons. The average Bonchev–Trinajstić information content (AvgIpc) is 2.55. The van der Waals surface area contributed by atoms with Gasteiger partial charge in [0.15, 0.2) is 0 Å². The Kier molecular flexibility index (Phi) is 5.37. The molecule has 0 aliphatic carbocycles. The number of primary amides is 1. The molecule has 1 aliphatic heterocycles. The van der Waals surface area contributed by atoms with Crippen molar-refractivity contribution in [3.63, 3.8) is 0 Å². The van der Waals surface area contributed by atoms with E-state index in [0.717, 1.165) is 39.0 Å². The molecule has 0 saturated carbocycles. The number of rotatable bonds is 6. The van der Waals surface area contributed by atoms with Crippen molar-refractivity contribution in [1.82, 2.24) is 9.88 Å². The molecule has 6 heteroatoms. The summed E-state index contributed by atoms with van der Waals surface area (Å²) < 4.78 is 0. The topological polar surface area (TPSA) is 82.7 Å². The van der Waals surface area contributed by atoms with Gasteiger partial charge >= 0.3 is 0 Å². The van der Waals surface area contributed by atoms with Gasteiger partial charge in [-0.2, -0.15) is 0 Å². The van der Waals surface area contributed by atoms with Crippen LogP contribution in [-0.4, -0.2) is 59.2 Å². The minimum absolute atomic E-state index is 0.447. The Morgan fingerprint density at radius 3 is 2.50 bits per heavy atom. The predicted octanol–water partition coefficient (Wildman–Crippen LogP) is 0.854. The fraction of sp³-hybridized carbons (Fsp3) is 0.625. The molecule has 22 heavy (non-hydrogen) atoms. The molecule has 0 bridgehead atoms. The third kappa shape index (κ3) is 3.75. The van der Waals surface area contributed by atoms with Crippen molar-refractivity contribution in [2.45, 2.75) is 32.3 Å². The van der Waals surface area contributed by atoms with Gasteiger partial charge in [0.05, 0.1) is 11.2 Å². The number of anilines is 1. The maximum Gasteiger partial charge on any atom is 0.252 e. The lowest BCUT2D eigenvalue weighted by Crippen LogP contribution is -2.52. The van der Waals surface area contributed by atoms with E-state index in [1.807, 2.05) is 13.8 Å². The first-order valence-electron chi connectivity index (χ1n) is 7.93. The zero-order valence-corrected chi connectivity index (χ0v) is 13.5. The van der Waals surface area contributed by atoms with Gasteiger partial charge in [-0.25, -0.2) is 4.98 Å². The molecule has 1 aliphatic rings. The molecule has 1 fully saturated rings. The molecule has 1 saturated heterocycles. The summed E-state index contributed by atoms with van der Waals surface area (Å²) in [4.78, 5) is 20.2. The lowest BCUT2D eigenvalue weighted by Gasteiger charge is -2.39. The quantitative estimate of drug-likeness (QED) is 0.814. The van der Waals surface area contributed by atoms with Crippen molar-refractivity contribution in [3.05, 3.63) is 23.9 Å². The summed E-state index contributed by atoms with van der Waals surface area (Å²) in [7, 11) is 0. The van der Waals surface area contributed by atoms with Crippen LogP contribution in [0.1, 0.15) is 37.0 Å². The van der Waals surface area contributed by atoms with Gasteiger partial charge in [-0.1, -0.05) is 13.8 Å². The molecule has 0 radical (unpaired) electrons.